The molecule has 8 aromatic rings. The zero-order valence-corrected chi connectivity index (χ0v) is 38.0. The van der Waals surface area contributed by atoms with Crippen LogP contribution in [0.15, 0.2) is 140 Å². The first-order valence-electron chi connectivity index (χ1n) is 19.7. The Morgan fingerprint density at radius 1 is 0.649 bits per heavy atom. The first kappa shape index (κ1) is 41.6. The van der Waals surface area contributed by atoms with Crippen LogP contribution in [0.25, 0.3) is 61.3 Å². The van der Waals surface area contributed by atoms with Gasteiger partial charge in [-0.15, -0.1) is 47.5 Å². The summed E-state index contributed by atoms with van der Waals surface area (Å²) in [7, 11) is -1.42. The van der Waals surface area contributed by atoms with Crippen LogP contribution < -0.4 is 5.19 Å². The second-order valence-corrected chi connectivity index (χ2v) is 22.2. The van der Waals surface area contributed by atoms with Crippen LogP contribution in [0.5, 0.6) is 0 Å². The Morgan fingerprint density at radius 3 is 1.93 bits per heavy atom. The maximum absolute atomic E-state index is 4.83. The van der Waals surface area contributed by atoms with E-state index in [1.807, 2.05) is 30.5 Å². The molecule has 0 saturated carbocycles. The molecule has 0 spiro atoms. The second kappa shape index (κ2) is 17.2. The van der Waals surface area contributed by atoms with Crippen molar-refractivity contribution in [2.24, 2.45) is 5.41 Å². The largest absolute Gasteiger partial charge is 0.335 e. The molecule has 57 heavy (non-hydrogen) atoms. The molecule has 0 aliphatic rings. The number of aromatic nitrogens is 4. The van der Waals surface area contributed by atoms with E-state index in [0.717, 1.165) is 44.8 Å². The summed E-state index contributed by atoms with van der Waals surface area (Å²) in [5.41, 5.74) is 12.4. The van der Waals surface area contributed by atoms with Gasteiger partial charge in [0.2, 0.25) is 0 Å². The molecule has 1 atom stereocenters. The summed E-state index contributed by atoms with van der Waals surface area (Å²) in [6.07, 6.45) is 7.43. The maximum atomic E-state index is 4.83. The smallest absolute Gasteiger partial charge is 0.0799 e. The third kappa shape index (κ3) is 8.94. The van der Waals surface area contributed by atoms with Crippen molar-refractivity contribution in [3.05, 3.63) is 163 Å². The van der Waals surface area contributed by atoms with Crippen LogP contribution in [-0.2, 0) is 20.1 Å². The predicted octanol–water partition coefficient (Wildman–Crippen LogP) is 13.1. The number of fused-ring (bicyclic) bond motifs is 3. The maximum Gasteiger partial charge on any atom is 0.0799 e. The van der Waals surface area contributed by atoms with Crippen molar-refractivity contribution in [1.82, 2.24) is 19.5 Å². The van der Waals surface area contributed by atoms with Crippen molar-refractivity contribution < 1.29 is 20.1 Å². The Hall–Kier alpha value is -5.00. The fourth-order valence-electron chi connectivity index (χ4n) is 7.33. The van der Waals surface area contributed by atoms with Crippen LogP contribution in [0.4, 0.5) is 0 Å². The number of benzene rings is 4. The van der Waals surface area contributed by atoms with Crippen molar-refractivity contribution in [2.75, 3.05) is 0 Å². The van der Waals surface area contributed by atoms with E-state index in [1.165, 1.54) is 32.8 Å². The number of rotatable bonds is 7. The fourth-order valence-corrected chi connectivity index (χ4v) is 8.93. The van der Waals surface area contributed by atoms with Crippen molar-refractivity contribution >= 4 is 35.2 Å². The van der Waals surface area contributed by atoms with Gasteiger partial charge in [-0.25, -0.2) is 0 Å². The van der Waals surface area contributed by atoms with Crippen molar-refractivity contribution in [3.8, 4) is 39.3 Å². The number of nitrogens with zero attached hydrogens (tertiary/aromatic N) is 4. The molecule has 0 bridgehead atoms. The van der Waals surface area contributed by atoms with Gasteiger partial charge in [-0.05, 0) is 80.3 Å². The molecule has 0 saturated heterocycles. The summed E-state index contributed by atoms with van der Waals surface area (Å²) >= 11 is 0. The second-order valence-electron chi connectivity index (χ2n) is 17.2. The van der Waals surface area contributed by atoms with E-state index < -0.39 is 8.07 Å². The Labute approximate surface area is 353 Å². The molecular weight excluding hydrogens is 889 g/mol. The molecule has 6 heteroatoms. The summed E-state index contributed by atoms with van der Waals surface area (Å²) in [4.78, 5) is 14.4. The minimum absolute atomic E-state index is 0. The Kier molecular flexibility index (Phi) is 12.6. The van der Waals surface area contributed by atoms with Crippen molar-refractivity contribution in [3.63, 3.8) is 0 Å². The topological polar surface area (TPSA) is 43.6 Å². The molecule has 4 heterocycles. The quantitative estimate of drug-likeness (QED) is 0.118. The Bertz CT molecular complexity index is 2590. The van der Waals surface area contributed by atoms with Gasteiger partial charge in [-0.3, -0.25) is 0 Å². The minimum Gasteiger partial charge on any atom is -0.335 e. The zero-order valence-electron chi connectivity index (χ0n) is 34.6. The Balaban J connectivity index is 0.000000208. The third-order valence-electron chi connectivity index (χ3n) is 10.9. The van der Waals surface area contributed by atoms with E-state index in [1.54, 1.807) is 0 Å². The van der Waals surface area contributed by atoms with Crippen LogP contribution >= 0.6 is 0 Å². The number of para-hydroxylation sites is 2. The molecule has 4 aromatic heterocycles. The molecule has 0 N–H and O–H groups in total. The number of hydrogen-bond acceptors (Lipinski definition) is 3. The average Bonchev–Trinajstić information content (AvgIpc) is 3.54. The molecular formula is C51H52IrN4Si-2. The standard InChI is InChI=1S/C31H24N3.C20H28NSi.Ir/c1-21(2)28-20-32-29(18-26(28)22-11-5-3-6-12-22)23-17-27-25-15-9-10-16-30(25)34(31(27)33-19-23)24-13-7-4-8-14-24;1-15(20(2,3)4)17-13-18(16-11-9-8-10-12-16)21-14-19(17)22(5,6)7;/h3-18,20-21H,1-2H3;8-11,13-15H,1-7H3;/q2*-1;. The molecule has 291 valence electrons. The normalized spacial score (nSPS) is 12.2. The molecule has 4 aromatic carbocycles. The van der Waals surface area contributed by atoms with Gasteiger partial charge in [0, 0.05) is 43.7 Å². The Morgan fingerprint density at radius 2 is 1.28 bits per heavy atom. The van der Waals surface area contributed by atoms with Gasteiger partial charge in [0.15, 0.2) is 0 Å². The molecule has 8 rings (SSSR count). The molecule has 0 amide bonds. The number of hydrogen-bond donors (Lipinski definition) is 0. The zero-order chi connectivity index (χ0) is 39.6. The van der Waals surface area contributed by atoms with Crippen LogP contribution in [0.1, 0.15) is 64.5 Å². The summed E-state index contributed by atoms with van der Waals surface area (Å²) in [6, 6.07) is 47.4. The van der Waals surface area contributed by atoms with Crippen LogP contribution in [0, 0.1) is 17.7 Å². The van der Waals surface area contributed by atoms with E-state index in [0.29, 0.717) is 11.8 Å². The van der Waals surface area contributed by atoms with Gasteiger partial charge >= 0.3 is 0 Å². The first-order chi connectivity index (χ1) is 26.8. The van der Waals surface area contributed by atoms with Gasteiger partial charge in [-0.1, -0.05) is 151 Å². The van der Waals surface area contributed by atoms with Gasteiger partial charge in [0.25, 0.3) is 0 Å². The summed E-state index contributed by atoms with van der Waals surface area (Å²) in [6.45, 7) is 20.9. The van der Waals surface area contributed by atoms with Crippen LogP contribution in [0.3, 0.4) is 0 Å². The SMILES string of the molecule is CC(C)c1cnc(-c2[c-]nc3c(c2)c2ccccc2n3-c2ccccc2)cc1-c1ccccc1.CC(c1cc(-c2[c-]cccc2)ncc1[Si](C)(C)C)C(C)(C)C.[Ir]. The fraction of sp³-hybridized carbons (Fsp3) is 0.235. The summed E-state index contributed by atoms with van der Waals surface area (Å²) in [5, 5.41) is 3.75. The predicted molar refractivity (Wildman–Crippen MR) is 240 cm³/mol. The van der Waals surface area contributed by atoms with Gasteiger partial charge in [-0.2, -0.15) is 0 Å². The van der Waals surface area contributed by atoms with Crippen molar-refractivity contribution in [1.29, 1.82) is 0 Å². The minimum atomic E-state index is -1.42. The van der Waals surface area contributed by atoms with Crippen LogP contribution in [-0.4, -0.2) is 27.6 Å². The average molecular weight is 941 g/mol. The van der Waals surface area contributed by atoms with Gasteiger partial charge in [0.1, 0.15) is 0 Å². The van der Waals surface area contributed by atoms with Gasteiger partial charge in [0.05, 0.1) is 13.7 Å². The van der Waals surface area contributed by atoms with E-state index in [9.17, 15) is 0 Å². The first-order valence-corrected chi connectivity index (χ1v) is 23.2. The van der Waals surface area contributed by atoms with E-state index >= 15 is 0 Å². The molecule has 1 unspecified atom stereocenters. The molecule has 0 aliphatic carbocycles. The molecule has 0 aliphatic heterocycles. The molecule has 0 fully saturated rings. The van der Waals surface area contributed by atoms with E-state index in [4.69, 9.17) is 15.0 Å². The van der Waals surface area contributed by atoms with E-state index in [2.05, 4.69) is 187 Å². The van der Waals surface area contributed by atoms with Crippen molar-refractivity contribution in [2.45, 2.75) is 73.0 Å². The van der Waals surface area contributed by atoms with Gasteiger partial charge < -0.3 is 19.5 Å². The molecule has 4 nitrogen and oxygen atoms in total. The van der Waals surface area contributed by atoms with Crippen LogP contribution in [0.2, 0.25) is 19.6 Å². The third-order valence-corrected chi connectivity index (χ3v) is 12.9. The van der Waals surface area contributed by atoms with E-state index in [-0.39, 0.29) is 25.5 Å². The monoisotopic (exact) mass is 941 g/mol. The summed E-state index contributed by atoms with van der Waals surface area (Å²) < 4.78 is 2.20. The molecule has 1 radical (unpaired) electrons. The number of pyridine rings is 3. The summed E-state index contributed by atoms with van der Waals surface area (Å²) in [5.74, 6) is 0.880.